The van der Waals surface area contributed by atoms with E-state index in [2.05, 4.69) is 0 Å². The van der Waals surface area contributed by atoms with Crippen LogP contribution in [0.25, 0.3) is 0 Å². The highest BCUT2D eigenvalue weighted by atomic mass is 16.6. The maximum Gasteiger partial charge on any atom is 0.411 e. The summed E-state index contributed by atoms with van der Waals surface area (Å²) in [6.07, 6.45) is -0.141. The van der Waals surface area contributed by atoms with Crippen LogP contribution in [0.5, 0.6) is 0 Å². The summed E-state index contributed by atoms with van der Waals surface area (Å²) >= 11 is 0. The van der Waals surface area contributed by atoms with Crippen molar-refractivity contribution in [1.29, 1.82) is 0 Å². The largest absolute Gasteiger partial charge is 0.480 e. The van der Waals surface area contributed by atoms with Gasteiger partial charge in [0, 0.05) is 0 Å². The van der Waals surface area contributed by atoms with Crippen molar-refractivity contribution in [2.45, 2.75) is 52.2 Å². The van der Waals surface area contributed by atoms with Crippen LogP contribution in [0.2, 0.25) is 0 Å². The normalized spacial score (nSPS) is 14.5. The number of nitrogens with zero attached hydrogens (tertiary/aromatic N) is 1. The second-order valence-corrected chi connectivity index (χ2v) is 5.19. The van der Waals surface area contributed by atoms with Gasteiger partial charge in [-0.1, -0.05) is 6.92 Å². The molecule has 0 saturated heterocycles. The van der Waals surface area contributed by atoms with Crippen LogP contribution in [-0.4, -0.2) is 46.0 Å². The Bertz CT molecular complexity index is 334. The van der Waals surface area contributed by atoms with Crippen molar-refractivity contribution < 1.29 is 24.2 Å². The summed E-state index contributed by atoms with van der Waals surface area (Å²) in [7, 11) is 0. The molecule has 1 N–H and O–H groups in total. The lowest BCUT2D eigenvalue weighted by Gasteiger charge is -2.36. The molecule has 0 aromatic carbocycles. The van der Waals surface area contributed by atoms with Gasteiger partial charge in [0.1, 0.15) is 17.4 Å². The highest BCUT2D eigenvalue weighted by molar-refractivity contribution is 5.85. The molecule has 6 nitrogen and oxygen atoms in total. The maximum absolute atomic E-state index is 11.9. The van der Waals surface area contributed by atoms with Crippen molar-refractivity contribution in [2.24, 2.45) is 0 Å². The summed E-state index contributed by atoms with van der Waals surface area (Å²) in [5.41, 5.74) is -2.20. The van der Waals surface area contributed by atoms with Gasteiger partial charge >= 0.3 is 12.1 Å². The number of hydrogen-bond acceptors (Lipinski definition) is 4. The Kier molecular flexibility index (Phi) is 5.32. The third-order valence-corrected chi connectivity index (χ3v) is 2.62. The summed E-state index contributed by atoms with van der Waals surface area (Å²) in [4.78, 5) is 34.8. The molecule has 6 heteroatoms. The van der Waals surface area contributed by atoms with Crippen molar-refractivity contribution in [3.63, 3.8) is 0 Å². The lowest BCUT2D eigenvalue weighted by Crippen LogP contribution is -2.56. The minimum absolute atomic E-state index is 0.176. The molecule has 18 heavy (non-hydrogen) atoms. The minimum atomic E-state index is -1.46. The predicted octanol–water partition coefficient (Wildman–Crippen LogP) is 1.68. The van der Waals surface area contributed by atoms with Gasteiger partial charge in [0.05, 0.1) is 6.54 Å². The monoisotopic (exact) mass is 259 g/mol. The molecule has 0 saturated carbocycles. The fourth-order valence-corrected chi connectivity index (χ4v) is 1.33. The van der Waals surface area contributed by atoms with E-state index in [1.807, 2.05) is 0 Å². The molecule has 0 fully saturated rings. The smallest absolute Gasteiger partial charge is 0.411 e. The zero-order chi connectivity index (χ0) is 14.6. The lowest BCUT2D eigenvalue weighted by atomic mass is 9.97. The Hall–Kier alpha value is -1.59. The standard InChI is InChI=1S/C12H21NO5/c1-6-12(5,9(15)16)13(7-8-14)10(17)18-11(2,3)4/h8H,6-7H2,1-5H3,(H,15,16)/t12-/m0/s1. The first-order chi connectivity index (χ1) is 8.08. The Balaban J connectivity index is 5.23. The molecule has 0 bridgehead atoms. The van der Waals surface area contributed by atoms with E-state index in [0.717, 1.165) is 4.90 Å². The topological polar surface area (TPSA) is 83.9 Å². The third-order valence-electron chi connectivity index (χ3n) is 2.62. The molecular formula is C12H21NO5. The van der Waals surface area contributed by atoms with Crippen LogP contribution in [0, 0.1) is 0 Å². The fraction of sp³-hybridized carbons (Fsp3) is 0.750. The molecule has 0 radical (unpaired) electrons. The highest BCUT2D eigenvalue weighted by Crippen LogP contribution is 2.22. The molecule has 0 aliphatic heterocycles. The maximum atomic E-state index is 11.9. The van der Waals surface area contributed by atoms with Crippen LogP contribution in [0.4, 0.5) is 4.79 Å². The van der Waals surface area contributed by atoms with Crippen molar-refractivity contribution in [2.75, 3.05) is 6.54 Å². The van der Waals surface area contributed by atoms with Gasteiger partial charge in [-0.15, -0.1) is 0 Å². The zero-order valence-corrected chi connectivity index (χ0v) is 11.5. The molecule has 1 atom stereocenters. The van der Waals surface area contributed by atoms with Crippen molar-refractivity contribution >= 4 is 18.3 Å². The molecular weight excluding hydrogens is 238 g/mol. The number of carbonyl (C=O) groups is 3. The molecule has 0 aromatic rings. The van der Waals surface area contributed by atoms with Crippen LogP contribution in [0.1, 0.15) is 41.0 Å². The predicted molar refractivity (Wildman–Crippen MR) is 65.3 cm³/mol. The van der Waals surface area contributed by atoms with Crippen molar-refractivity contribution in [1.82, 2.24) is 4.90 Å². The Morgan fingerprint density at radius 1 is 1.28 bits per heavy atom. The molecule has 1 amide bonds. The number of rotatable bonds is 5. The first kappa shape index (κ1) is 16.4. The lowest BCUT2D eigenvalue weighted by molar-refractivity contribution is -0.150. The van der Waals surface area contributed by atoms with Crippen LogP contribution in [-0.2, 0) is 14.3 Å². The van der Waals surface area contributed by atoms with Gasteiger partial charge in [0.25, 0.3) is 0 Å². The number of amides is 1. The van der Waals surface area contributed by atoms with Gasteiger partial charge in [-0.2, -0.15) is 0 Å². The van der Waals surface area contributed by atoms with E-state index in [0.29, 0.717) is 6.29 Å². The molecule has 0 aliphatic rings. The Morgan fingerprint density at radius 2 is 1.78 bits per heavy atom. The molecule has 104 valence electrons. The van der Waals surface area contributed by atoms with E-state index in [1.54, 1.807) is 27.7 Å². The van der Waals surface area contributed by atoms with E-state index in [1.165, 1.54) is 6.92 Å². The number of hydrogen-bond donors (Lipinski definition) is 1. The highest BCUT2D eigenvalue weighted by Gasteiger charge is 2.42. The fourth-order valence-electron chi connectivity index (χ4n) is 1.33. The van der Waals surface area contributed by atoms with Crippen LogP contribution in [0.15, 0.2) is 0 Å². The second kappa shape index (κ2) is 5.84. The molecule has 0 spiro atoms. The van der Waals surface area contributed by atoms with Gasteiger partial charge in [-0.05, 0) is 34.1 Å². The van der Waals surface area contributed by atoms with E-state index in [9.17, 15) is 19.5 Å². The third kappa shape index (κ3) is 4.01. The van der Waals surface area contributed by atoms with Gasteiger partial charge < -0.3 is 14.6 Å². The molecule has 0 aromatic heterocycles. The zero-order valence-electron chi connectivity index (χ0n) is 11.5. The summed E-state index contributed by atoms with van der Waals surface area (Å²) in [6.45, 7) is 7.74. The summed E-state index contributed by atoms with van der Waals surface area (Å²) in [5.74, 6) is -1.17. The number of carboxylic acids is 1. The van der Waals surface area contributed by atoms with Crippen LogP contribution >= 0.6 is 0 Å². The number of ether oxygens (including phenoxy) is 1. The van der Waals surface area contributed by atoms with E-state index in [4.69, 9.17) is 4.74 Å². The Morgan fingerprint density at radius 3 is 2.06 bits per heavy atom. The van der Waals surface area contributed by atoms with Crippen LogP contribution < -0.4 is 0 Å². The second-order valence-electron chi connectivity index (χ2n) is 5.19. The number of aliphatic carboxylic acids is 1. The van der Waals surface area contributed by atoms with Gasteiger partial charge in [0.15, 0.2) is 0 Å². The van der Waals surface area contributed by atoms with Gasteiger partial charge in [-0.25, -0.2) is 9.59 Å². The van der Waals surface area contributed by atoms with E-state index < -0.39 is 23.2 Å². The number of carbonyl (C=O) groups excluding carboxylic acids is 2. The summed E-state index contributed by atoms with van der Waals surface area (Å²) < 4.78 is 5.12. The molecule has 0 aliphatic carbocycles. The van der Waals surface area contributed by atoms with Crippen molar-refractivity contribution in [3.8, 4) is 0 Å². The number of aldehydes is 1. The average molecular weight is 259 g/mol. The minimum Gasteiger partial charge on any atom is -0.480 e. The summed E-state index contributed by atoms with van der Waals surface area (Å²) in [6, 6.07) is 0. The average Bonchev–Trinajstić information content (AvgIpc) is 2.21. The first-order valence-electron chi connectivity index (χ1n) is 5.76. The van der Waals surface area contributed by atoms with E-state index in [-0.39, 0.29) is 13.0 Å². The first-order valence-corrected chi connectivity index (χ1v) is 5.76. The quantitative estimate of drug-likeness (QED) is 0.759. The van der Waals surface area contributed by atoms with Crippen LogP contribution in [0.3, 0.4) is 0 Å². The number of carboxylic acid groups (broad SMARTS) is 1. The summed E-state index contributed by atoms with van der Waals surface area (Å²) in [5, 5.41) is 9.21. The molecule has 0 unspecified atom stereocenters. The van der Waals surface area contributed by atoms with E-state index >= 15 is 0 Å². The van der Waals surface area contributed by atoms with Gasteiger partial charge in [-0.3, -0.25) is 4.90 Å². The SMILES string of the molecule is CC[C@@](C)(C(=O)O)N(CC=O)C(=O)OC(C)(C)C. The Labute approximate surface area is 107 Å². The van der Waals surface area contributed by atoms with Gasteiger partial charge in [0.2, 0.25) is 0 Å². The van der Waals surface area contributed by atoms with Crippen molar-refractivity contribution in [3.05, 3.63) is 0 Å². The molecule has 0 heterocycles. The molecule has 0 rings (SSSR count).